The Balaban J connectivity index is 1.85. The third-order valence-electron chi connectivity index (χ3n) is 6.32. The maximum atomic E-state index is 13.3. The lowest BCUT2D eigenvalue weighted by molar-refractivity contribution is -0.609. The molecule has 3 unspecified atom stereocenters. The number of amides is 2. The molecule has 10 nitrogen and oxygen atoms in total. The molecule has 11 heteroatoms. The van der Waals surface area contributed by atoms with Crippen LogP contribution in [0.5, 0.6) is 0 Å². The minimum absolute atomic E-state index is 0.165. The summed E-state index contributed by atoms with van der Waals surface area (Å²) in [6.07, 6.45) is 6.69. The van der Waals surface area contributed by atoms with Gasteiger partial charge in [-0.2, -0.15) is 18.0 Å². The fraction of sp³-hybridized carbons (Fsp3) is 0.789. The van der Waals surface area contributed by atoms with Gasteiger partial charge in [-0.3, -0.25) is 4.68 Å². The van der Waals surface area contributed by atoms with E-state index in [0.29, 0.717) is 26.1 Å². The number of carbonyl (C=O) groups is 1. The molecule has 1 aromatic rings. The third kappa shape index (κ3) is 4.63. The van der Waals surface area contributed by atoms with Gasteiger partial charge < -0.3 is 15.3 Å². The molecule has 1 saturated heterocycles. The van der Waals surface area contributed by atoms with Gasteiger partial charge in [-0.15, -0.1) is 0 Å². The van der Waals surface area contributed by atoms with E-state index in [2.05, 4.69) is 10.4 Å². The Kier molecular flexibility index (Phi) is 6.75. The smallest absolute Gasteiger partial charge is 0.432 e. The normalized spacial score (nSPS) is 26.2. The van der Waals surface area contributed by atoms with E-state index in [1.165, 1.54) is 17.1 Å². The van der Waals surface area contributed by atoms with E-state index in [1.54, 1.807) is 7.05 Å². The molecular weight excluding hydrogens is 410 g/mol. The molecule has 2 aliphatic rings. The number of rotatable bonds is 5. The van der Waals surface area contributed by atoms with Gasteiger partial charge in [0.15, 0.2) is 0 Å². The highest BCUT2D eigenvalue weighted by atomic mass is 32.2. The van der Waals surface area contributed by atoms with Gasteiger partial charge >= 0.3 is 16.2 Å². The number of quaternary nitrogens is 1. The summed E-state index contributed by atoms with van der Waals surface area (Å²) in [5.41, 5.74) is 0.0677. The fourth-order valence-electron chi connectivity index (χ4n) is 4.70. The first kappa shape index (κ1) is 23.0. The third-order valence-corrected chi connectivity index (χ3v) is 8.01. The Morgan fingerprint density at radius 3 is 2.60 bits per heavy atom. The zero-order valence-corrected chi connectivity index (χ0v) is 18.9. The number of carbonyl (C=O) groups excluding carboxylic acids is 1. The molecule has 1 saturated carbocycles. The molecule has 0 aromatic carbocycles. The maximum absolute atomic E-state index is 13.3. The second-order valence-corrected chi connectivity index (χ2v) is 10.8. The fourth-order valence-corrected chi connectivity index (χ4v) is 6.15. The molecule has 0 spiro atoms. The van der Waals surface area contributed by atoms with Gasteiger partial charge in [-0.05, 0) is 37.0 Å². The van der Waals surface area contributed by atoms with E-state index < -0.39 is 26.8 Å². The summed E-state index contributed by atoms with van der Waals surface area (Å²) < 4.78 is 33.0. The number of hydrogen-bond donors (Lipinski definition) is 2. The molecule has 2 N–H and O–H groups in total. The number of aryl methyl sites for hydroxylation is 1. The lowest BCUT2D eigenvalue weighted by Crippen LogP contribution is -3.15. The highest BCUT2D eigenvalue weighted by molar-refractivity contribution is 7.86. The minimum Gasteiger partial charge on any atom is -0.608 e. The summed E-state index contributed by atoms with van der Waals surface area (Å²) in [6, 6.07) is -1.79. The molecule has 3 atom stereocenters. The molecule has 0 radical (unpaired) electrons. The van der Waals surface area contributed by atoms with E-state index in [4.69, 9.17) is 4.74 Å². The van der Waals surface area contributed by atoms with Crippen LogP contribution in [0.15, 0.2) is 12.4 Å². The Hall–Kier alpha value is -1.69. The van der Waals surface area contributed by atoms with Crippen molar-refractivity contribution in [2.24, 2.45) is 18.4 Å². The van der Waals surface area contributed by atoms with Crippen molar-refractivity contribution in [1.82, 2.24) is 15.1 Å². The zero-order chi connectivity index (χ0) is 22.1. The quantitative estimate of drug-likeness (QED) is 0.654. The number of hydroxylamine groups is 1. The van der Waals surface area contributed by atoms with E-state index in [9.17, 15) is 18.4 Å². The van der Waals surface area contributed by atoms with E-state index in [1.807, 2.05) is 20.8 Å². The van der Waals surface area contributed by atoms with Crippen LogP contribution in [0.1, 0.15) is 52.9 Å². The van der Waals surface area contributed by atoms with E-state index in [0.717, 1.165) is 23.6 Å². The van der Waals surface area contributed by atoms with Crippen LogP contribution in [0, 0.1) is 16.5 Å². The highest BCUT2D eigenvalue weighted by Gasteiger charge is 2.43. The lowest BCUT2D eigenvalue weighted by atomic mass is 9.68. The maximum Gasteiger partial charge on any atom is 0.432 e. The van der Waals surface area contributed by atoms with E-state index in [-0.39, 0.29) is 23.1 Å². The van der Waals surface area contributed by atoms with Crippen LogP contribution in [-0.2, 0) is 22.0 Å². The summed E-state index contributed by atoms with van der Waals surface area (Å²) in [7, 11) is -2.91. The molecule has 3 rings (SSSR count). The van der Waals surface area contributed by atoms with Gasteiger partial charge in [-0.1, -0.05) is 27.2 Å². The van der Waals surface area contributed by atoms with Crippen molar-refractivity contribution >= 4 is 21.9 Å². The average molecular weight is 444 g/mol. The number of nitrogens with one attached hydrogen (secondary N) is 2. The van der Waals surface area contributed by atoms with Crippen molar-refractivity contribution in [3.05, 3.63) is 17.6 Å². The topological polar surface area (TPSA) is 121 Å². The average Bonchev–Trinajstić information content (AvgIpc) is 3.10. The summed E-state index contributed by atoms with van der Waals surface area (Å²) in [5.74, 6) is 0.165. The van der Waals surface area contributed by atoms with Crippen LogP contribution in [0.25, 0.3) is 0 Å². The van der Waals surface area contributed by atoms with Crippen molar-refractivity contribution in [3.63, 3.8) is 0 Å². The Morgan fingerprint density at radius 2 is 2.03 bits per heavy atom. The van der Waals surface area contributed by atoms with Crippen LogP contribution in [0.2, 0.25) is 0 Å². The van der Waals surface area contributed by atoms with Crippen LogP contribution < -0.4 is 14.1 Å². The molecular formula is C19H33N5O5S. The lowest BCUT2D eigenvalue weighted by Gasteiger charge is -2.43. The molecule has 1 aliphatic carbocycles. The van der Waals surface area contributed by atoms with Crippen molar-refractivity contribution in [2.45, 2.75) is 65.0 Å². The van der Waals surface area contributed by atoms with Crippen molar-refractivity contribution < 1.29 is 22.4 Å². The number of aromatic nitrogens is 2. The second-order valence-electron chi connectivity index (χ2n) is 9.11. The molecule has 30 heavy (non-hydrogen) atoms. The number of anilines is 1. The zero-order valence-electron chi connectivity index (χ0n) is 18.1. The van der Waals surface area contributed by atoms with Gasteiger partial charge in [-0.25, -0.2) is 9.10 Å². The molecule has 1 aliphatic heterocycles. The van der Waals surface area contributed by atoms with Crippen LogP contribution >= 0.6 is 0 Å². The second kappa shape index (κ2) is 8.81. The molecule has 170 valence electrons. The molecule has 2 heterocycles. The van der Waals surface area contributed by atoms with Crippen molar-refractivity contribution in [1.29, 1.82) is 0 Å². The standard InChI is InChI=1S/C19H33N5O5S/c1-14-6-5-9-19(2,3)17(14)21-18(25)24(26)30(27,28)23(15-7-10-29-11-8-15)16-12-20-22(4)13-16/h12-15,17,24H,5-11H2,1-4H3,(H,21,25). The Bertz CT molecular complexity index is 849. The first-order chi connectivity index (χ1) is 14.0. The Labute approximate surface area is 178 Å². The number of nitrogens with zero attached hydrogens (tertiary/aromatic N) is 3. The number of urea groups is 1. The van der Waals surface area contributed by atoms with Crippen LogP contribution in [0.3, 0.4) is 0 Å². The van der Waals surface area contributed by atoms with Crippen molar-refractivity contribution in [2.75, 3.05) is 17.5 Å². The first-order valence-electron chi connectivity index (χ1n) is 10.5. The van der Waals surface area contributed by atoms with Gasteiger partial charge in [0.05, 0.1) is 17.9 Å². The van der Waals surface area contributed by atoms with Crippen molar-refractivity contribution in [3.8, 4) is 0 Å². The summed E-state index contributed by atoms with van der Waals surface area (Å²) >= 11 is 0. The van der Waals surface area contributed by atoms with Gasteiger partial charge in [0, 0.05) is 32.5 Å². The molecule has 2 amide bonds. The van der Waals surface area contributed by atoms with Crippen LogP contribution in [0.4, 0.5) is 10.5 Å². The Morgan fingerprint density at radius 1 is 1.37 bits per heavy atom. The largest absolute Gasteiger partial charge is 0.608 e. The number of hydrogen-bond acceptors (Lipinski definition) is 6. The van der Waals surface area contributed by atoms with Gasteiger partial charge in [0.2, 0.25) is 0 Å². The van der Waals surface area contributed by atoms with E-state index >= 15 is 0 Å². The minimum atomic E-state index is -4.57. The monoisotopic (exact) mass is 443 g/mol. The van der Waals surface area contributed by atoms with Gasteiger partial charge in [0.25, 0.3) is 0 Å². The summed E-state index contributed by atoms with van der Waals surface area (Å²) in [5, 5.41) is 19.7. The first-order valence-corrected chi connectivity index (χ1v) is 11.9. The summed E-state index contributed by atoms with van der Waals surface area (Å²) in [6.45, 7) is 6.89. The molecule has 0 bridgehead atoms. The van der Waals surface area contributed by atoms with Gasteiger partial charge in [0.1, 0.15) is 0 Å². The molecule has 1 aromatic heterocycles. The predicted molar refractivity (Wildman–Crippen MR) is 112 cm³/mol. The number of ether oxygens (including phenoxy) is 1. The predicted octanol–water partition coefficient (Wildman–Crippen LogP) is 0.957. The highest BCUT2D eigenvalue weighted by Crippen LogP contribution is 2.38. The SMILES string of the molecule is CC1CCCC(C)(C)C1NC(=O)[NH+]([O-])S(=O)(=O)N(c1cnn(C)c1)C1CCOCC1. The van der Waals surface area contributed by atoms with Crippen LogP contribution in [-0.4, -0.2) is 49.5 Å². The molecule has 2 fully saturated rings. The summed E-state index contributed by atoms with van der Waals surface area (Å²) in [4.78, 5) is 12.8.